The summed E-state index contributed by atoms with van der Waals surface area (Å²) in [5.74, 6) is -1.19. The predicted octanol–water partition coefficient (Wildman–Crippen LogP) is 1.95. The number of nitrogens with zero attached hydrogens (tertiary/aromatic N) is 2. The number of aromatic nitrogens is 1. The highest BCUT2D eigenvalue weighted by Crippen LogP contribution is 2.38. The standard InChI is InChI=1S/C15H19N3O3S/c1-8-7-16-15(22-8)17-12(19)9(2)18-13(20)10-5-3-4-6-11(10)14(18)21/h7,9-11H,3-6H2,1-2H3,(H,16,17,19). The number of imide groups is 1. The van der Waals surface area contributed by atoms with E-state index in [4.69, 9.17) is 0 Å². The Balaban J connectivity index is 1.73. The van der Waals surface area contributed by atoms with E-state index in [1.807, 2.05) is 6.92 Å². The van der Waals surface area contributed by atoms with Gasteiger partial charge in [-0.05, 0) is 26.7 Å². The first kappa shape index (κ1) is 15.1. The molecular weight excluding hydrogens is 302 g/mol. The van der Waals surface area contributed by atoms with E-state index < -0.39 is 6.04 Å². The summed E-state index contributed by atoms with van der Waals surface area (Å²) in [5.41, 5.74) is 0. The topological polar surface area (TPSA) is 79.4 Å². The van der Waals surface area contributed by atoms with E-state index in [1.165, 1.54) is 11.3 Å². The number of nitrogens with one attached hydrogen (secondary N) is 1. The van der Waals surface area contributed by atoms with Crippen molar-refractivity contribution in [3.8, 4) is 0 Å². The zero-order valence-electron chi connectivity index (χ0n) is 12.7. The van der Waals surface area contributed by atoms with Gasteiger partial charge in [0.1, 0.15) is 6.04 Å². The van der Waals surface area contributed by atoms with Gasteiger partial charge in [0, 0.05) is 11.1 Å². The first-order valence-corrected chi connectivity index (χ1v) is 8.41. The zero-order chi connectivity index (χ0) is 15.9. The van der Waals surface area contributed by atoms with E-state index in [9.17, 15) is 14.4 Å². The van der Waals surface area contributed by atoms with Gasteiger partial charge in [-0.25, -0.2) is 4.98 Å². The fourth-order valence-electron chi connectivity index (χ4n) is 3.31. The smallest absolute Gasteiger partial charge is 0.249 e. The van der Waals surface area contributed by atoms with Crippen LogP contribution in [0.25, 0.3) is 0 Å². The largest absolute Gasteiger partial charge is 0.300 e. The lowest BCUT2D eigenvalue weighted by molar-refractivity contribution is -0.146. The Morgan fingerprint density at radius 1 is 1.32 bits per heavy atom. The maximum Gasteiger partial charge on any atom is 0.249 e. The minimum atomic E-state index is -0.796. The van der Waals surface area contributed by atoms with Gasteiger partial charge in [-0.2, -0.15) is 0 Å². The lowest BCUT2D eigenvalue weighted by Crippen LogP contribution is -2.46. The summed E-state index contributed by atoms with van der Waals surface area (Å²) in [6, 6.07) is -0.796. The molecule has 1 aliphatic heterocycles. The molecule has 0 aromatic carbocycles. The molecular formula is C15H19N3O3S. The Kier molecular flexibility index (Phi) is 3.99. The average Bonchev–Trinajstić information content (AvgIpc) is 3.01. The number of hydrogen-bond donors (Lipinski definition) is 1. The third-order valence-corrected chi connectivity index (χ3v) is 5.32. The third kappa shape index (κ3) is 2.54. The van der Waals surface area contributed by atoms with Crippen molar-refractivity contribution in [2.24, 2.45) is 11.8 Å². The molecule has 1 saturated carbocycles. The van der Waals surface area contributed by atoms with Crippen molar-refractivity contribution in [2.45, 2.75) is 45.6 Å². The van der Waals surface area contributed by atoms with Gasteiger partial charge in [0.25, 0.3) is 0 Å². The summed E-state index contributed by atoms with van der Waals surface area (Å²) in [4.78, 5) is 43.5. The number of hydrogen-bond acceptors (Lipinski definition) is 5. The minimum absolute atomic E-state index is 0.187. The van der Waals surface area contributed by atoms with Crippen LogP contribution in [-0.4, -0.2) is 33.6 Å². The number of likely N-dealkylation sites (tertiary alicyclic amines) is 1. The number of anilines is 1. The zero-order valence-corrected chi connectivity index (χ0v) is 13.5. The number of thiazole rings is 1. The van der Waals surface area contributed by atoms with Crippen LogP contribution in [0.4, 0.5) is 5.13 Å². The number of fused-ring (bicyclic) bond motifs is 1. The van der Waals surface area contributed by atoms with Gasteiger partial charge in [0.05, 0.1) is 11.8 Å². The van der Waals surface area contributed by atoms with Crippen LogP contribution in [0.1, 0.15) is 37.5 Å². The minimum Gasteiger partial charge on any atom is -0.300 e. The molecule has 1 saturated heterocycles. The van der Waals surface area contributed by atoms with Crippen LogP contribution in [0.5, 0.6) is 0 Å². The molecule has 1 aromatic heterocycles. The second-order valence-corrected chi connectivity index (χ2v) is 7.22. The molecule has 6 nitrogen and oxygen atoms in total. The van der Waals surface area contributed by atoms with E-state index in [-0.39, 0.29) is 29.6 Å². The normalized spacial score (nSPS) is 26.0. The van der Waals surface area contributed by atoms with Crippen LogP contribution in [0.15, 0.2) is 6.20 Å². The highest BCUT2D eigenvalue weighted by molar-refractivity contribution is 7.15. The van der Waals surface area contributed by atoms with Crippen LogP contribution >= 0.6 is 11.3 Å². The van der Waals surface area contributed by atoms with Gasteiger partial charge >= 0.3 is 0 Å². The SMILES string of the molecule is Cc1cnc(NC(=O)C(C)N2C(=O)C3CCCCC3C2=O)s1. The van der Waals surface area contributed by atoms with E-state index in [0.717, 1.165) is 35.5 Å². The van der Waals surface area contributed by atoms with Gasteiger partial charge in [-0.15, -0.1) is 11.3 Å². The summed E-state index contributed by atoms with van der Waals surface area (Å²) in [5, 5.41) is 3.18. The average molecular weight is 321 g/mol. The van der Waals surface area contributed by atoms with Crippen molar-refractivity contribution in [3.05, 3.63) is 11.1 Å². The molecule has 3 rings (SSSR count). The highest BCUT2D eigenvalue weighted by atomic mass is 32.1. The van der Waals surface area contributed by atoms with Crippen molar-refractivity contribution in [3.63, 3.8) is 0 Å². The van der Waals surface area contributed by atoms with Crippen LogP contribution in [0.3, 0.4) is 0 Å². The molecule has 3 amide bonds. The molecule has 1 N–H and O–H groups in total. The first-order valence-electron chi connectivity index (χ1n) is 7.59. The van der Waals surface area contributed by atoms with E-state index in [2.05, 4.69) is 10.3 Å². The molecule has 7 heteroatoms. The maximum atomic E-state index is 12.5. The van der Waals surface area contributed by atoms with Gasteiger partial charge in [-0.3, -0.25) is 19.3 Å². The lowest BCUT2D eigenvalue weighted by atomic mass is 9.81. The van der Waals surface area contributed by atoms with Gasteiger partial charge in [-0.1, -0.05) is 12.8 Å². The molecule has 3 unspecified atom stereocenters. The van der Waals surface area contributed by atoms with Crippen LogP contribution in [0.2, 0.25) is 0 Å². The van der Waals surface area contributed by atoms with Crippen molar-refractivity contribution in [2.75, 3.05) is 5.32 Å². The number of carbonyl (C=O) groups excluding carboxylic acids is 3. The molecule has 2 aliphatic rings. The van der Waals surface area contributed by atoms with Crippen molar-refractivity contribution in [1.82, 2.24) is 9.88 Å². The van der Waals surface area contributed by atoms with Gasteiger partial charge in [0.15, 0.2) is 5.13 Å². The Hall–Kier alpha value is -1.76. The molecule has 2 fully saturated rings. The molecule has 118 valence electrons. The van der Waals surface area contributed by atoms with Gasteiger partial charge in [0.2, 0.25) is 17.7 Å². The fraction of sp³-hybridized carbons (Fsp3) is 0.600. The summed E-state index contributed by atoms with van der Waals surface area (Å²) >= 11 is 1.37. The molecule has 22 heavy (non-hydrogen) atoms. The first-order chi connectivity index (χ1) is 10.5. The second-order valence-electron chi connectivity index (χ2n) is 5.99. The Labute approximate surface area is 132 Å². The molecule has 0 radical (unpaired) electrons. The summed E-state index contributed by atoms with van der Waals surface area (Å²) in [6.45, 7) is 3.50. The highest BCUT2D eigenvalue weighted by Gasteiger charge is 2.50. The predicted molar refractivity (Wildman–Crippen MR) is 82.2 cm³/mol. The van der Waals surface area contributed by atoms with Crippen molar-refractivity contribution in [1.29, 1.82) is 0 Å². The van der Waals surface area contributed by atoms with Crippen LogP contribution in [0, 0.1) is 18.8 Å². The quantitative estimate of drug-likeness (QED) is 0.863. The van der Waals surface area contributed by atoms with Crippen LogP contribution in [-0.2, 0) is 14.4 Å². The number of aryl methyl sites for hydroxylation is 1. The molecule has 3 atom stereocenters. The number of carbonyl (C=O) groups is 3. The Morgan fingerprint density at radius 2 is 1.91 bits per heavy atom. The van der Waals surface area contributed by atoms with E-state index in [0.29, 0.717) is 5.13 Å². The Bertz CT molecular complexity index is 603. The maximum absolute atomic E-state index is 12.5. The lowest BCUT2D eigenvalue weighted by Gasteiger charge is -2.21. The summed E-state index contributed by atoms with van der Waals surface area (Å²) in [6.07, 6.45) is 5.14. The summed E-state index contributed by atoms with van der Waals surface area (Å²) in [7, 11) is 0. The monoisotopic (exact) mass is 321 g/mol. The van der Waals surface area contributed by atoms with E-state index >= 15 is 0 Å². The van der Waals surface area contributed by atoms with Crippen molar-refractivity contribution >= 4 is 34.2 Å². The number of amides is 3. The van der Waals surface area contributed by atoms with E-state index in [1.54, 1.807) is 13.1 Å². The second kappa shape index (κ2) is 5.79. The fourth-order valence-corrected chi connectivity index (χ4v) is 3.98. The van der Waals surface area contributed by atoms with Crippen LogP contribution < -0.4 is 5.32 Å². The number of rotatable bonds is 3. The van der Waals surface area contributed by atoms with Crippen molar-refractivity contribution < 1.29 is 14.4 Å². The summed E-state index contributed by atoms with van der Waals surface area (Å²) < 4.78 is 0. The molecule has 0 spiro atoms. The molecule has 1 aromatic rings. The molecule has 0 bridgehead atoms. The molecule has 1 aliphatic carbocycles. The Morgan fingerprint density at radius 3 is 2.41 bits per heavy atom. The van der Waals surface area contributed by atoms with Gasteiger partial charge < -0.3 is 5.32 Å². The third-order valence-electron chi connectivity index (χ3n) is 4.49. The molecule has 2 heterocycles.